The molecule has 3 N–H and O–H groups in total. The number of amides is 2. The molecule has 2 amide bonds. The van der Waals surface area contributed by atoms with Gasteiger partial charge in [0.15, 0.2) is 5.96 Å². The summed E-state index contributed by atoms with van der Waals surface area (Å²) in [6, 6.07) is 3.98. The number of carbonyl (C=O) groups is 2. The third kappa shape index (κ3) is 8.39. The topological polar surface area (TPSA) is 91.8 Å². The van der Waals surface area contributed by atoms with E-state index in [1.54, 1.807) is 6.92 Å². The largest absolute Gasteiger partial charge is 0.450 e. The summed E-state index contributed by atoms with van der Waals surface area (Å²) in [7, 11) is 0. The highest BCUT2D eigenvalue weighted by molar-refractivity contribution is 6.05. The lowest BCUT2D eigenvalue weighted by Crippen LogP contribution is -2.50. The van der Waals surface area contributed by atoms with Crippen molar-refractivity contribution in [2.45, 2.75) is 77.2 Å². The van der Waals surface area contributed by atoms with Crippen molar-refractivity contribution in [2.75, 3.05) is 6.61 Å². The molecular weight excluding hydrogens is 425 g/mol. The Labute approximate surface area is 186 Å². The van der Waals surface area contributed by atoms with Crippen LogP contribution in [0.2, 0.25) is 0 Å². The molecule has 1 aromatic carbocycles. The summed E-state index contributed by atoms with van der Waals surface area (Å²) in [5, 5.41) is 8.66. The Morgan fingerprint density at radius 3 is 2.16 bits per heavy atom. The van der Waals surface area contributed by atoms with Gasteiger partial charge in [0.1, 0.15) is 0 Å². The van der Waals surface area contributed by atoms with Crippen molar-refractivity contribution in [1.82, 2.24) is 16.0 Å². The SMILES string of the molecule is CCOC(=O)NC1CCC(N=C(NC(=O)c2ccc(C(F)(F)F)cc2)NC(C)(C)C)CC1. The summed E-state index contributed by atoms with van der Waals surface area (Å²) in [6.45, 7) is 7.78. The van der Waals surface area contributed by atoms with E-state index in [2.05, 4.69) is 20.9 Å². The van der Waals surface area contributed by atoms with Gasteiger partial charge in [-0.3, -0.25) is 10.1 Å². The highest BCUT2D eigenvalue weighted by atomic mass is 19.4. The molecule has 32 heavy (non-hydrogen) atoms. The number of hydrogen-bond donors (Lipinski definition) is 3. The van der Waals surface area contributed by atoms with Gasteiger partial charge < -0.3 is 15.4 Å². The minimum atomic E-state index is -4.46. The molecule has 1 aliphatic carbocycles. The molecule has 1 aromatic rings. The molecule has 1 aliphatic rings. The van der Waals surface area contributed by atoms with Crippen LogP contribution in [-0.2, 0) is 10.9 Å². The van der Waals surface area contributed by atoms with Gasteiger partial charge in [-0.15, -0.1) is 0 Å². The average molecular weight is 457 g/mol. The maximum absolute atomic E-state index is 12.8. The smallest absolute Gasteiger partial charge is 0.416 e. The number of nitrogens with one attached hydrogen (secondary N) is 3. The number of ether oxygens (including phenoxy) is 1. The normalized spacial score (nSPS) is 19.8. The zero-order valence-corrected chi connectivity index (χ0v) is 18.8. The Bertz CT molecular complexity index is 809. The molecule has 1 fully saturated rings. The molecule has 1 saturated carbocycles. The van der Waals surface area contributed by atoms with Crippen LogP contribution in [0.5, 0.6) is 0 Å². The summed E-state index contributed by atoms with van der Waals surface area (Å²) in [5.41, 5.74) is -1.11. The predicted molar refractivity (Wildman–Crippen MR) is 115 cm³/mol. The first-order valence-corrected chi connectivity index (χ1v) is 10.6. The number of aliphatic imine (C=N–C) groups is 1. The molecule has 178 valence electrons. The number of alkyl halides is 3. The second kappa shape index (κ2) is 10.7. The lowest BCUT2D eigenvalue weighted by molar-refractivity contribution is -0.137. The standard InChI is InChI=1S/C22H31F3N4O3/c1-5-32-20(31)27-17-12-10-16(11-13-17)26-19(29-21(2,3)4)28-18(30)14-6-8-15(9-7-14)22(23,24)25/h6-9,16-17H,5,10-13H2,1-4H3,(H,27,31)(H2,26,28,29,30). The summed E-state index contributed by atoms with van der Waals surface area (Å²) >= 11 is 0. The number of benzene rings is 1. The second-order valence-electron chi connectivity index (χ2n) is 8.75. The second-order valence-corrected chi connectivity index (χ2v) is 8.75. The summed E-state index contributed by atoms with van der Waals surface area (Å²) in [6.07, 6.45) is -2.02. The number of rotatable bonds is 4. The predicted octanol–water partition coefficient (Wildman–Crippen LogP) is 4.24. The summed E-state index contributed by atoms with van der Waals surface area (Å²) < 4.78 is 43.2. The number of alkyl carbamates (subject to hydrolysis) is 1. The van der Waals surface area contributed by atoms with Crippen molar-refractivity contribution in [3.8, 4) is 0 Å². The van der Waals surface area contributed by atoms with Crippen molar-refractivity contribution >= 4 is 18.0 Å². The van der Waals surface area contributed by atoms with E-state index in [4.69, 9.17) is 4.74 Å². The van der Waals surface area contributed by atoms with Crippen LogP contribution in [0.3, 0.4) is 0 Å². The highest BCUT2D eigenvalue weighted by Crippen LogP contribution is 2.29. The molecule has 2 rings (SSSR count). The number of halogens is 3. The van der Waals surface area contributed by atoms with Crippen molar-refractivity contribution in [1.29, 1.82) is 0 Å². The number of guanidine groups is 1. The van der Waals surface area contributed by atoms with Gasteiger partial charge in [-0.25, -0.2) is 9.79 Å². The third-order valence-electron chi connectivity index (χ3n) is 4.81. The molecule has 0 aliphatic heterocycles. The molecule has 0 spiro atoms. The van der Waals surface area contributed by atoms with Crippen LogP contribution in [0.4, 0.5) is 18.0 Å². The minimum absolute atomic E-state index is 0.0151. The van der Waals surface area contributed by atoms with Crippen LogP contribution >= 0.6 is 0 Å². The summed E-state index contributed by atoms with van der Waals surface area (Å²) in [4.78, 5) is 28.8. The minimum Gasteiger partial charge on any atom is -0.450 e. The monoisotopic (exact) mass is 456 g/mol. The van der Waals surface area contributed by atoms with Gasteiger partial charge >= 0.3 is 12.3 Å². The third-order valence-corrected chi connectivity index (χ3v) is 4.81. The first-order valence-electron chi connectivity index (χ1n) is 10.6. The Morgan fingerprint density at radius 1 is 1.06 bits per heavy atom. The fraction of sp³-hybridized carbons (Fsp3) is 0.591. The van der Waals surface area contributed by atoms with Gasteiger partial charge in [0, 0.05) is 17.1 Å². The molecule has 0 bridgehead atoms. The van der Waals surface area contributed by atoms with Crippen LogP contribution in [0.15, 0.2) is 29.3 Å². The van der Waals surface area contributed by atoms with E-state index in [0.717, 1.165) is 37.1 Å². The van der Waals surface area contributed by atoms with Crippen molar-refractivity contribution in [2.24, 2.45) is 4.99 Å². The maximum Gasteiger partial charge on any atom is 0.416 e. The van der Waals surface area contributed by atoms with E-state index in [0.29, 0.717) is 19.4 Å². The Balaban J connectivity index is 2.04. The zero-order chi connectivity index (χ0) is 23.9. The fourth-order valence-corrected chi connectivity index (χ4v) is 3.31. The van der Waals surface area contributed by atoms with Gasteiger partial charge in [-0.2, -0.15) is 13.2 Å². The van der Waals surface area contributed by atoms with E-state index in [1.165, 1.54) is 0 Å². The molecule has 0 heterocycles. The molecular formula is C22H31F3N4O3. The van der Waals surface area contributed by atoms with E-state index in [9.17, 15) is 22.8 Å². The van der Waals surface area contributed by atoms with Crippen LogP contribution in [-0.4, -0.2) is 42.2 Å². The van der Waals surface area contributed by atoms with Crippen molar-refractivity contribution in [3.05, 3.63) is 35.4 Å². The fourth-order valence-electron chi connectivity index (χ4n) is 3.31. The molecule has 0 radical (unpaired) electrons. The first kappa shape index (κ1) is 25.5. The number of carbonyl (C=O) groups excluding carboxylic acids is 2. The van der Waals surface area contributed by atoms with Crippen LogP contribution in [0, 0.1) is 0 Å². The van der Waals surface area contributed by atoms with E-state index < -0.39 is 29.3 Å². The van der Waals surface area contributed by atoms with Gasteiger partial charge in [0.2, 0.25) is 0 Å². The Kier molecular flexibility index (Phi) is 8.51. The van der Waals surface area contributed by atoms with E-state index in [1.807, 2.05) is 20.8 Å². The molecule has 0 unspecified atom stereocenters. The zero-order valence-electron chi connectivity index (χ0n) is 18.8. The molecule has 0 saturated heterocycles. The van der Waals surface area contributed by atoms with Crippen LogP contribution in [0.25, 0.3) is 0 Å². The quantitative estimate of drug-likeness (QED) is 0.467. The lowest BCUT2D eigenvalue weighted by atomic mass is 9.91. The van der Waals surface area contributed by atoms with Crippen molar-refractivity contribution in [3.63, 3.8) is 0 Å². The van der Waals surface area contributed by atoms with E-state index >= 15 is 0 Å². The maximum atomic E-state index is 12.8. The average Bonchev–Trinajstić information content (AvgIpc) is 2.68. The van der Waals surface area contributed by atoms with Gasteiger partial charge in [0.05, 0.1) is 18.2 Å². The number of nitrogens with zero attached hydrogens (tertiary/aromatic N) is 1. The van der Waals surface area contributed by atoms with Gasteiger partial charge in [-0.1, -0.05) is 0 Å². The molecule has 0 atom stereocenters. The Morgan fingerprint density at radius 2 is 1.66 bits per heavy atom. The molecule has 10 heteroatoms. The number of hydrogen-bond acceptors (Lipinski definition) is 4. The summed E-state index contributed by atoms with van der Waals surface area (Å²) in [5.74, 6) is -0.281. The van der Waals surface area contributed by atoms with Gasteiger partial charge in [0.25, 0.3) is 5.91 Å². The molecule has 7 nitrogen and oxygen atoms in total. The van der Waals surface area contributed by atoms with Crippen molar-refractivity contribution < 1.29 is 27.5 Å². The van der Waals surface area contributed by atoms with E-state index in [-0.39, 0.29) is 23.6 Å². The Hall–Kier alpha value is -2.78. The van der Waals surface area contributed by atoms with Crippen LogP contribution < -0.4 is 16.0 Å². The molecule has 0 aromatic heterocycles. The van der Waals surface area contributed by atoms with Gasteiger partial charge in [-0.05, 0) is 77.6 Å². The first-order chi connectivity index (χ1) is 14.9. The van der Waals surface area contributed by atoms with Crippen LogP contribution in [0.1, 0.15) is 69.3 Å². The lowest BCUT2D eigenvalue weighted by Gasteiger charge is -2.29. The highest BCUT2D eigenvalue weighted by Gasteiger charge is 2.30.